The number of carbonyl (C=O) groups excluding carboxylic acids is 1. The van der Waals surface area contributed by atoms with Gasteiger partial charge in [0, 0.05) is 22.4 Å². The average molecular weight is 284 g/mol. The molecular formula is C12H14BrNO2. The molecule has 0 aromatic heterocycles. The molecule has 0 aliphatic carbocycles. The highest BCUT2D eigenvalue weighted by atomic mass is 79.9. The number of halogens is 1. The van der Waals surface area contributed by atoms with Crippen LogP contribution in [0.4, 0.5) is 5.69 Å². The number of nitrogens with one attached hydrogen (secondary N) is 1. The van der Waals surface area contributed by atoms with E-state index in [9.17, 15) is 4.79 Å². The average Bonchev–Trinajstić information content (AvgIpc) is 2.21. The highest BCUT2D eigenvalue weighted by molar-refractivity contribution is 9.10. The van der Waals surface area contributed by atoms with Crippen LogP contribution in [0.5, 0.6) is 0 Å². The van der Waals surface area contributed by atoms with Gasteiger partial charge < -0.3 is 10.1 Å². The van der Waals surface area contributed by atoms with Gasteiger partial charge in [-0.25, -0.2) is 4.79 Å². The van der Waals surface area contributed by atoms with Gasteiger partial charge in [0.15, 0.2) is 0 Å². The molecule has 0 bridgehead atoms. The number of esters is 1. The molecule has 1 aromatic carbocycles. The number of rotatable bonds is 3. The molecule has 1 aromatic rings. The first-order valence-electron chi connectivity index (χ1n) is 4.82. The second-order valence-corrected chi connectivity index (χ2v) is 4.33. The molecule has 0 unspecified atom stereocenters. The van der Waals surface area contributed by atoms with Gasteiger partial charge in [-0.1, -0.05) is 15.9 Å². The minimum atomic E-state index is -0.375. The summed E-state index contributed by atoms with van der Waals surface area (Å²) in [5, 5.41) is 3.07. The zero-order valence-electron chi connectivity index (χ0n) is 9.50. The summed E-state index contributed by atoms with van der Waals surface area (Å²) in [7, 11) is 1.35. The zero-order chi connectivity index (χ0) is 12.1. The van der Waals surface area contributed by atoms with Crippen LogP contribution < -0.4 is 5.32 Å². The lowest BCUT2D eigenvalue weighted by molar-refractivity contribution is -0.134. The van der Waals surface area contributed by atoms with E-state index in [4.69, 9.17) is 0 Å². The topological polar surface area (TPSA) is 38.3 Å². The Bertz CT molecular complexity index is 404. The molecule has 0 atom stereocenters. The number of anilines is 1. The predicted molar refractivity (Wildman–Crippen MR) is 68.4 cm³/mol. The van der Waals surface area contributed by atoms with Crippen molar-refractivity contribution in [3.8, 4) is 0 Å². The minimum Gasteiger partial charge on any atom is -0.466 e. The lowest BCUT2D eigenvalue weighted by Crippen LogP contribution is -1.98. The van der Waals surface area contributed by atoms with Crippen LogP contribution in [0.1, 0.15) is 11.1 Å². The summed E-state index contributed by atoms with van der Waals surface area (Å²) in [4.78, 5) is 10.9. The van der Waals surface area contributed by atoms with Crippen molar-refractivity contribution in [2.75, 3.05) is 12.4 Å². The molecule has 1 N–H and O–H groups in total. The third-order valence-corrected chi connectivity index (χ3v) is 2.60. The molecule has 0 saturated heterocycles. The maximum Gasteiger partial charge on any atom is 0.331 e. The van der Waals surface area contributed by atoms with Gasteiger partial charge >= 0.3 is 5.97 Å². The largest absolute Gasteiger partial charge is 0.466 e. The molecule has 0 aliphatic rings. The maximum absolute atomic E-state index is 10.9. The van der Waals surface area contributed by atoms with Crippen LogP contribution in [-0.2, 0) is 9.53 Å². The Labute approximate surface area is 104 Å². The van der Waals surface area contributed by atoms with E-state index in [-0.39, 0.29) is 5.97 Å². The number of aryl methyl sites for hydroxylation is 2. The fourth-order valence-electron chi connectivity index (χ4n) is 1.40. The van der Waals surface area contributed by atoms with Crippen molar-refractivity contribution in [3.63, 3.8) is 0 Å². The zero-order valence-corrected chi connectivity index (χ0v) is 11.1. The van der Waals surface area contributed by atoms with Gasteiger partial charge in [-0.15, -0.1) is 0 Å². The summed E-state index contributed by atoms with van der Waals surface area (Å²) in [5.74, 6) is -0.375. The second kappa shape index (κ2) is 5.70. The summed E-state index contributed by atoms with van der Waals surface area (Å²) in [6.45, 7) is 4.01. The van der Waals surface area contributed by atoms with Crippen LogP contribution in [-0.4, -0.2) is 13.1 Å². The summed E-state index contributed by atoms with van der Waals surface area (Å²) in [5.41, 5.74) is 3.23. The van der Waals surface area contributed by atoms with E-state index < -0.39 is 0 Å². The Morgan fingerprint density at radius 1 is 1.38 bits per heavy atom. The Hall–Kier alpha value is -1.29. The number of carbonyl (C=O) groups is 1. The van der Waals surface area contributed by atoms with Crippen molar-refractivity contribution in [2.45, 2.75) is 13.8 Å². The number of benzene rings is 1. The highest BCUT2D eigenvalue weighted by Gasteiger charge is 2.02. The van der Waals surface area contributed by atoms with Crippen molar-refractivity contribution < 1.29 is 9.53 Å². The first-order valence-corrected chi connectivity index (χ1v) is 5.61. The monoisotopic (exact) mass is 283 g/mol. The van der Waals surface area contributed by atoms with Crippen molar-refractivity contribution in [1.29, 1.82) is 0 Å². The second-order valence-electron chi connectivity index (χ2n) is 3.42. The molecule has 4 heteroatoms. The maximum atomic E-state index is 10.9. The third-order valence-electron chi connectivity index (χ3n) is 2.15. The van der Waals surface area contributed by atoms with E-state index in [1.165, 1.54) is 13.2 Å². The van der Waals surface area contributed by atoms with E-state index in [0.29, 0.717) is 0 Å². The number of ether oxygens (including phenoxy) is 1. The molecule has 0 fully saturated rings. The summed E-state index contributed by atoms with van der Waals surface area (Å²) in [6.07, 6.45) is 2.93. The highest BCUT2D eigenvalue weighted by Crippen LogP contribution is 2.24. The van der Waals surface area contributed by atoms with E-state index in [0.717, 1.165) is 21.3 Å². The SMILES string of the molecule is COC(=O)/C=C/Nc1c(C)cc(Br)cc1C. The first kappa shape index (κ1) is 12.8. The number of hydrogen-bond donors (Lipinski definition) is 1. The number of methoxy groups -OCH3 is 1. The predicted octanol–water partition coefficient (Wildman–Crippen LogP) is 3.16. The van der Waals surface area contributed by atoms with Gasteiger partial charge in [0.1, 0.15) is 0 Å². The summed E-state index contributed by atoms with van der Waals surface area (Å²) >= 11 is 3.43. The fourth-order valence-corrected chi connectivity index (χ4v) is 2.09. The molecule has 0 saturated carbocycles. The standard InChI is InChI=1S/C12H14BrNO2/c1-8-6-10(13)7-9(2)12(8)14-5-4-11(15)16-3/h4-7,14H,1-3H3/b5-4+. The summed E-state index contributed by atoms with van der Waals surface area (Å²) in [6, 6.07) is 4.03. The van der Waals surface area contributed by atoms with E-state index in [1.54, 1.807) is 6.20 Å². The number of hydrogen-bond acceptors (Lipinski definition) is 3. The molecule has 1 rings (SSSR count). The third kappa shape index (κ3) is 3.38. The minimum absolute atomic E-state index is 0.375. The molecule has 0 aliphatic heterocycles. The molecule has 16 heavy (non-hydrogen) atoms. The van der Waals surface area contributed by atoms with Gasteiger partial charge in [-0.05, 0) is 37.1 Å². The van der Waals surface area contributed by atoms with Gasteiger partial charge in [-0.2, -0.15) is 0 Å². The van der Waals surface area contributed by atoms with Crippen LogP contribution in [0.2, 0.25) is 0 Å². The molecule has 0 radical (unpaired) electrons. The van der Waals surface area contributed by atoms with Crippen molar-refractivity contribution in [3.05, 3.63) is 40.0 Å². The normalized spacial score (nSPS) is 10.5. The van der Waals surface area contributed by atoms with Gasteiger partial charge in [0.25, 0.3) is 0 Å². The molecule has 0 heterocycles. The van der Waals surface area contributed by atoms with Crippen molar-refractivity contribution in [1.82, 2.24) is 0 Å². The molecule has 86 valence electrons. The quantitative estimate of drug-likeness (QED) is 0.684. The molecule has 3 nitrogen and oxygen atoms in total. The van der Waals surface area contributed by atoms with Crippen molar-refractivity contribution >= 4 is 27.6 Å². The molecular weight excluding hydrogens is 270 g/mol. The Balaban J connectivity index is 2.82. The van der Waals surface area contributed by atoms with E-state index in [1.807, 2.05) is 26.0 Å². The van der Waals surface area contributed by atoms with Crippen molar-refractivity contribution in [2.24, 2.45) is 0 Å². The molecule has 0 spiro atoms. The van der Waals surface area contributed by atoms with Crippen LogP contribution >= 0.6 is 15.9 Å². The smallest absolute Gasteiger partial charge is 0.331 e. The van der Waals surface area contributed by atoms with E-state index in [2.05, 4.69) is 26.0 Å². The lowest BCUT2D eigenvalue weighted by atomic mass is 10.1. The van der Waals surface area contributed by atoms with Gasteiger partial charge in [-0.3, -0.25) is 0 Å². The van der Waals surface area contributed by atoms with Crippen LogP contribution in [0.3, 0.4) is 0 Å². The fraction of sp³-hybridized carbons (Fsp3) is 0.250. The summed E-state index contributed by atoms with van der Waals surface area (Å²) < 4.78 is 5.54. The Morgan fingerprint density at radius 3 is 2.44 bits per heavy atom. The Kier molecular flexibility index (Phi) is 4.55. The Morgan fingerprint density at radius 2 is 1.94 bits per heavy atom. The van der Waals surface area contributed by atoms with Crippen LogP contribution in [0.15, 0.2) is 28.9 Å². The molecule has 0 amide bonds. The van der Waals surface area contributed by atoms with Crippen LogP contribution in [0, 0.1) is 13.8 Å². The van der Waals surface area contributed by atoms with Gasteiger partial charge in [0.2, 0.25) is 0 Å². The lowest BCUT2D eigenvalue weighted by Gasteiger charge is -2.09. The van der Waals surface area contributed by atoms with Gasteiger partial charge in [0.05, 0.1) is 7.11 Å². The van der Waals surface area contributed by atoms with Crippen LogP contribution in [0.25, 0.3) is 0 Å². The first-order chi connectivity index (χ1) is 7.54. The van der Waals surface area contributed by atoms with E-state index >= 15 is 0 Å².